The van der Waals surface area contributed by atoms with E-state index >= 15 is 0 Å². The molecule has 0 spiro atoms. The Balaban J connectivity index is 2.62. The number of nitrogens with zero attached hydrogens (tertiary/aromatic N) is 3. The molecule has 0 aliphatic rings. The van der Waals surface area contributed by atoms with E-state index in [9.17, 15) is 19.5 Å². The molecule has 3 N–H and O–H groups in total. The minimum absolute atomic E-state index is 0.116. The van der Waals surface area contributed by atoms with Crippen molar-refractivity contribution in [1.82, 2.24) is 20.1 Å². The van der Waals surface area contributed by atoms with Gasteiger partial charge < -0.3 is 15.5 Å². The average molecular weight is 278 g/mol. The number of carbonyl (C=O) groups excluding carboxylic acids is 1. The van der Waals surface area contributed by atoms with Crippen molar-refractivity contribution < 1.29 is 19.8 Å². The number of aromatic nitrogens is 3. The van der Waals surface area contributed by atoms with E-state index < -0.39 is 35.3 Å². The lowest BCUT2D eigenvalue weighted by molar-refractivity contribution is -0.135. The summed E-state index contributed by atoms with van der Waals surface area (Å²) in [5.74, 6) is -2.79. The van der Waals surface area contributed by atoms with Gasteiger partial charge in [-0.15, -0.1) is 5.10 Å². The highest BCUT2D eigenvalue weighted by Crippen LogP contribution is 2.23. The van der Waals surface area contributed by atoms with Crippen LogP contribution in [0, 0.1) is 0 Å². The third-order valence-electron chi connectivity index (χ3n) is 2.66. The Hall–Kier alpha value is -2.97. The number of hydrogen-bond acceptors (Lipinski definition) is 6. The molecule has 0 bridgehead atoms. The summed E-state index contributed by atoms with van der Waals surface area (Å²) in [6.45, 7) is -0.659. The van der Waals surface area contributed by atoms with Gasteiger partial charge in [-0.1, -0.05) is 0 Å². The van der Waals surface area contributed by atoms with E-state index in [2.05, 4.69) is 10.2 Å². The van der Waals surface area contributed by atoms with Crippen LogP contribution in [0.2, 0.25) is 0 Å². The number of aryl methyl sites for hydroxylation is 1. The predicted octanol–water partition coefficient (Wildman–Crippen LogP) is -1.15. The second-order valence-corrected chi connectivity index (χ2v) is 3.93. The number of rotatable bonds is 3. The number of carboxylic acid groups (broad SMARTS) is 1. The number of fused-ring (bicyclic) bond motifs is 1. The second kappa shape index (κ2) is 4.96. The van der Waals surface area contributed by atoms with Crippen molar-refractivity contribution in [2.75, 3.05) is 6.54 Å². The van der Waals surface area contributed by atoms with E-state index in [0.29, 0.717) is 0 Å². The molecule has 104 valence electrons. The standard InChI is InChI=1S/C11H10N4O5/c1-15-9-5(2-3-13-14-9)8(18)7(11(15)20)10(19)12-4-6(16)17/h2-3,18H,4H2,1H3,(H,12,19)(H,16,17). The number of carbonyl (C=O) groups is 2. The first-order valence-electron chi connectivity index (χ1n) is 5.46. The SMILES string of the molecule is Cn1c(=O)c(C(=O)NCC(=O)O)c(O)c2ccnnc21. The van der Waals surface area contributed by atoms with Crippen LogP contribution in [0.15, 0.2) is 17.1 Å². The molecular formula is C11H10N4O5. The van der Waals surface area contributed by atoms with Crippen LogP contribution < -0.4 is 10.9 Å². The maximum Gasteiger partial charge on any atom is 0.322 e. The Morgan fingerprint density at radius 3 is 2.80 bits per heavy atom. The fourth-order valence-corrected chi connectivity index (χ4v) is 1.71. The van der Waals surface area contributed by atoms with Gasteiger partial charge >= 0.3 is 5.97 Å². The molecule has 0 saturated heterocycles. The van der Waals surface area contributed by atoms with Crippen molar-refractivity contribution in [1.29, 1.82) is 0 Å². The normalized spacial score (nSPS) is 10.4. The van der Waals surface area contributed by atoms with Gasteiger partial charge in [0.2, 0.25) is 0 Å². The summed E-state index contributed by atoms with van der Waals surface area (Å²) in [6, 6.07) is 1.39. The average Bonchev–Trinajstić information content (AvgIpc) is 2.43. The molecule has 0 aliphatic heterocycles. The molecular weight excluding hydrogens is 268 g/mol. The van der Waals surface area contributed by atoms with Gasteiger partial charge in [0.25, 0.3) is 11.5 Å². The van der Waals surface area contributed by atoms with Crippen LogP contribution in [0.5, 0.6) is 5.75 Å². The van der Waals surface area contributed by atoms with Crippen molar-refractivity contribution in [2.24, 2.45) is 7.05 Å². The molecule has 2 aromatic rings. The van der Waals surface area contributed by atoms with E-state index in [1.807, 2.05) is 5.32 Å². The summed E-state index contributed by atoms with van der Waals surface area (Å²) in [4.78, 5) is 34.2. The van der Waals surface area contributed by atoms with Gasteiger partial charge in [-0.25, -0.2) is 0 Å². The summed E-state index contributed by atoms with van der Waals surface area (Å²) < 4.78 is 1.05. The predicted molar refractivity (Wildman–Crippen MR) is 66.4 cm³/mol. The molecule has 0 fully saturated rings. The largest absolute Gasteiger partial charge is 0.506 e. The zero-order valence-corrected chi connectivity index (χ0v) is 10.3. The van der Waals surface area contributed by atoms with E-state index in [0.717, 1.165) is 4.57 Å². The third-order valence-corrected chi connectivity index (χ3v) is 2.66. The topological polar surface area (TPSA) is 134 Å². The van der Waals surface area contributed by atoms with Crippen LogP contribution in [0.1, 0.15) is 10.4 Å². The first kappa shape index (κ1) is 13.5. The highest BCUT2D eigenvalue weighted by atomic mass is 16.4. The summed E-state index contributed by atoms with van der Waals surface area (Å²) in [6.07, 6.45) is 1.30. The molecule has 0 aromatic carbocycles. The summed E-state index contributed by atoms with van der Waals surface area (Å²) >= 11 is 0. The molecule has 2 rings (SSSR count). The number of pyridine rings is 1. The van der Waals surface area contributed by atoms with Crippen molar-refractivity contribution >= 4 is 22.9 Å². The zero-order valence-electron chi connectivity index (χ0n) is 10.3. The number of carboxylic acids is 1. The molecule has 0 saturated carbocycles. The molecule has 0 atom stereocenters. The van der Waals surface area contributed by atoms with Gasteiger partial charge in [0, 0.05) is 7.05 Å². The van der Waals surface area contributed by atoms with Crippen LogP contribution in [0.3, 0.4) is 0 Å². The zero-order chi connectivity index (χ0) is 14.9. The number of aromatic hydroxyl groups is 1. The van der Waals surface area contributed by atoms with Gasteiger partial charge in [0.05, 0.1) is 11.6 Å². The second-order valence-electron chi connectivity index (χ2n) is 3.93. The van der Waals surface area contributed by atoms with Crippen LogP contribution in [0.4, 0.5) is 0 Å². The van der Waals surface area contributed by atoms with E-state index in [1.54, 1.807) is 0 Å². The van der Waals surface area contributed by atoms with E-state index in [-0.39, 0.29) is 11.0 Å². The van der Waals surface area contributed by atoms with Crippen molar-refractivity contribution in [2.45, 2.75) is 0 Å². The lowest BCUT2D eigenvalue weighted by atomic mass is 10.1. The Kier molecular flexibility index (Phi) is 3.34. The van der Waals surface area contributed by atoms with Crippen molar-refractivity contribution in [3.05, 3.63) is 28.2 Å². The van der Waals surface area contributed by atoms with E-state index in [1.165, 1.54) is 19.3 Å². The number of amides is 1. The maximum atomic E-state index is 12.0. The van der Waals surface area contributed by atoms with Crippen LogP contribution in [-0.2, 0) is 11.8 Å². The molecule has 0 radical (unpaired) electrons. The number of aliphatic carboxylic acids is 1. The highest BCUT2D eigenvalue weighted by Gasteiger charge is 2.21. The first-order chi connectivity index (χ1) is 9.43. The van der Waals surface area contributed by atoms with Gasteiger partial charge in [-0.2, -0.15) is 5.10 Å². The van der Waals surface area contributed by atoms with Gasteiger partial charge in [0.1, 0.15) is 17.9 Å². The van der Waals surface area contributed by atoms with Crippen molar-refractivity contribution in [3.63, 3.8) is 0 Å². The van der Waals surface area contributed by atoms with Gasteiger partial charge in [-0.05, 0) is 6.07 Å². The quantitative estimate of drug-likeness (QED) is 0.645. The molecule has 2 aromatic heterocycles. The third kappa shape index (κ3) is 2.16. The smallest absolute Gasteiger partial charge is 0.322 e. The Morgan fingerprint density at radius 2 is 2.15 bits per heavy atom. The summed E-state index contributed by atoms with van der Waals surface area (Å²) in [7, 11) is 1.37. The lowest BCUT2D eigenvalue weighted by Crippen LogP contribution is -2.35. The number of hydrogen-bond donors (Lipinski definition) is 3. The molecule has 0 unspecified atom stereocenters. The minimum Gasteiger partial charge on any atom is -0.506 e. The fraction of sp³-hybridized carbons (Fsp3) is 0.182. The number of nitrogens with one attached hydrogen (secondary N) is 1. The highest BCUT2D eigenvalue weighted by molar-refractivity contribution is 6.02. The Bertz CT molecular complexity index is 767. The van der Waals surface area contributed by atoms with Gasteiger partial charge in [0.15, 0.2) is 5.65 Å². The first-order valence-corrected chi connectivity index (χ1v) is 5.46. The lowest BCUT2D eigenvalue weighted by Gasteiger charge is -2.09. The van der Waals surface area contributed by atoms with Crippen molar-refractivity contribution in [3.8, 4) is 5.75 Å². The molecule has 9 nitrogen and oxygen atoms in total. The molecule has 2 heterocycles. The Labute approximate surface area is 111 Å². The monoisotopic (exact) mass is 278 g/mol. The minimum atomic E-state index is -1.26. The van der Waals surface area contributed by atoms with Crippen LogP contribution >= 0.6 is 0 Å². The molecule has 0 aliphatic carbocycles. The summed E-state index contributed by atoms with van der Waals surface area (Å²) in [5, 5.41) is 28.0. The van der Waals surface area contributed by atoms with Gasteiger partial charge in [-0.3, -0.25) is 19.0 Å². The van der Waals surface area contributed by atoms with E-state index in [4.69, 9.17) is 5.11 Å². The van der Waals surface area contributed by atoms with Crippen LogP contribution in [0.25, 0.3) is 11.0 Å². The fourth-order valence-electron chi connectivity index (χ4n) is 1.71. The molecule has 20 heavy (non-hydrogen) atoms. The van der Waals surface area contributed by atoms with Crippen LogP contribution in [-0.4, -0.2) is 43.4 Å². The maximum absolute atomic E-state index is 12.0. The molecule has 9 heteroatoms. The molecule has 1 amide bonds. The Morgan fingerprint density at radius 1 is 1.45 bits per heavy atom. The summed E-state index contributed by atoms with van der Waals surface area (Å²) in [5.41, 5.74) is -1.21.